The first-order valence-electron chi connectivity index (χ1n) is 7.14. The van der Waals surface area contributed by atoms with Gasteiger partial charge in [0.1, 0.15) is 5.82 Å². The first-order chi connectivity index (χ1) is 8.69. The van der Waals surface area contributed by atoms with Crippen molar-refractivity contribution in [3.63, 3.8) is 0 Å². The van der Waals surface area contributed by atoms with Crippen LogP contribution in [0.3, 0.4) is 0 Å². The summed E-state index contributed by atoms with van der Waals surface area (Å²) in [4.78, 5) is 0. The van der Waals surface area contributed by atoms with Crippen LogP contribution >= 0.6 is 0 Å². The molecule has 1 nitrogen and oxygen atoms in total. The van der Waals surface area contributed by atoms with Crippen molar-refractivity contribution in [2.24, 2.45) is 5.92 Å². The van der Waals surface area contributed by atoms with Gasteiger partial charge in [-0.15, -0.1) is 0 Å². The summed E-state index contributed by atoms with van der Waals surface area (Å²) in [5.74, 6) is 0.856. The van der Waals surface area contributed by atoms with E-state index in [1.54, 1.807) is 12.1 Å². The summed E-state index contributed by atoms with van der Waals surface area (Å²) >= 11 is 0. The van der Waals surface area contributed by atoms with Gasteiger partial charge in [-0.1, -0.05) is 45.4 Å². The molecule has 0 aromatic heterocycles. The molecule has 0 radical (unpaired) electrons. The number of hydrogen-bond donors (Lipinski definition) is 1. The van der Waals surface area contributed by atoms with Crippen LogP contribution in [-0.4, -0.2) is 13.1 Å². The van der Waals surface area contributed by atoms with E-state index in [1.807, 2.05) is 12.1 Å². The maximum Gasteiger partial charge on any atom is 0.126 e. The zero-order valence-corrected chi connectivity index (χ0v) is 11.9. The predicted octanol–water partition coefficient (Wildman–Crippen LogP) is 4.35. The molecule has 18 heavy (non-hydrogen) atoms. The monoisotopic (exact) mass is 251 g/mol. The van der Waals surface area contributed by atoms with Crippen LogP contribution in [0.15, 0.2) is 24.3 Å². The second-order valence-electron chi connectivity index (χ2n) is 5.17. The highest BCUT2D eigenvalue weighted by Crippen LogP contribution is 2.26. The molecule has 0 saturated heterocycles. The maximum absolute atomic E-state index is 13.9. The van der Waals surface area contributed by atoms with E-state index in [2.05, 4.69) is 26.1 Å². The van der Waals surface area contributed by atoms with E-state index >= 15 is 0 Å². The molecule has 0 heterocycles. The Hall–Kier alpha value is -0.890. The van der Waals surface area contributed by atoms with Gasteiger partial charge < -0.3 is 5.32 Å². The first kappa shape index (κ1) is 15.2. The van der Waals surface area contributed by atoms with Crippen molar-refractivity contribution in [1.29, 1.82) is 0 Å². The molecule has 1 N–H and O–H groups in total. The molecule has 0 fully saturated rings. The third kappa shape index (κ3) is 4.77. The lowest BCUT2D eigenvalue weighted by molar-refractivity contribution is 0.425. The molecule has 2 heteroatoms. The van der Waals surface area contributed by atoms with E-state index in [9.17, 15) is 4.39 Å². The van der Waals surface area contributed by atoms with Crippen LogP contribution in [0.2, 0.25) is 0 Å². The molecule has 0 aliphatic rings. The minimum Gasteiger partial charge on any atom is -0.316 e. The largest absolute Gasteiger partial charge is 0.316 e. The summed E-state index contributed by atoms with van der Waals surface area (Å²) in [7, 11) is 0. The fourth-order valence-corrected chi connectivity index (χ4v) is 2.23. The molecular formula is C16H26FN. The lowest BCUT2D eigenvalue weighted by Crippen LogP contribution is -2.24. The molecule has 0 bridgehead atoms. The highest BCUT2D eigenvalue weighted by molar-refractivity contribution is 5.22. The molecule has 0 saturated carbocycles. The second-order valence-corrected chi connectivity index (χ2v) is 5.17. The molecule has 1 aromatic carbocycles. The van der Waals surface area contributed by atoms with Crippen LogP contribution in [0, 0.1) is 11.7 Å². The zero-order chi connectivity index (χ0) is 13.4. The SMILES string of the molecule is CCCNCC(CC(C)CC)c1ccccc1F. The van der Waals surface area contributed by atoms with Crippen LogP contribution in [0.25, 0.3) is 0 Å². The topological polar surface area (TPSA) is 12.0 Å². The van der Waals surface area contributed by atoms with Crippen molar-refractivity contribution < 1.29 is 4.39 Å². The molecule has 0 amide bonds. The van der Waals surface area contributed by atoms with Crippen molar-refractivity contribution in [3.8, 4) is 0 Å². The number of halogens is 1. The summed E-state index contributed by atoms with van der Waals surface area (Å²) < 4.78 is 13.9. The van der Waals surface area contributed by atoms with Gasteiger partial charge in [0.25, 0.3) is 0 Å². The Labute approximate surface area is 111 Å². The number of rotatable bonds is 8. The average Bonchev–Trinajstić information content (AvgIpc) is 2.38. The van der Waals surface area contributed by atoms with Crippen LogP contribution in [0.4, 0.5) is 4.39 Å². The Balaban J connectivity index is 2.73. The molecule has 1 rings (SSSR count). The Morgan fingerprint density at radius 3 is 2.56 bits per heavy atom. The summed E-state index contributed by atoms with van der Waals surface area (Å²) in [5, 5.41) is 3.42. The summed E-state index contributed by atoms with van der Waals surface area (Å²) in [6, 6.07) is 7.19. The lowest BCUT2D eigenvalue weighted by Gasteiger charge is -2.21. The Bertz CT molecular complexity index is 338. The van der Waals surface area contributed by atoms with Crippen molar-refractivity contribution in [2.45, 2.75) is 46.0 Å². The lowest BCUT2D eigenvalue weighted by atomic mass is 9.88. The molecule has 2 atom stereocenters. The average molecular weight is 251 g/mol. The quantitative estimate of drug-likeness (QED) is 0.677. The van der Waals surface area contributed by atoms with Crippen molar-refractivity contribution in [3.05, 3.63) is 35.6 Å². The van der Waals surface area contributed by atoms with Gasteiger partial charge in [-0.3, -0.25) is 0 Å². The molecule has 1 aromatic rings. The van der Waals surface area contributed by atoms with Gasteiger partial charge in [0, 0.05) is 6.54 Å². The number of nitrogens with one attached hydrogen (secondary N) is 1. The van der Waals surface area contributed by atoms with E-state index in [0.717, 1.165) is 37.9 Å². The van der Waals surface area contributed by atoms with Crippen LogP contribution in [0.5, 0.6) is 0 Å². The van der Waals surface area contributed by atoms with Gasteiger partial charge in [-0.2, -0.15) is 0 Å². The smallest absolute Gasteiger partial charge is 0.126 e. The van der Waals surface area contributed by atoms with Crippen LogP contribution in [-0.2, 0) is 0 Å². The summed E-state index contributed by atoms with van der Waals surface area (Å²) in [6.45, 7) is 8.47. The van der Waals surface area contributed by atoms with E-state index < -0.39 is 0 Å². The molecule has 0 aliphatic carbocycles. The normalized spacial score (nSPS) is 14.4. The van der Waals surface area contributed by atoms with Gasteiger partial charge in [-0.05, 0) is 42.9 Å². The Morgan fingerprint density at radius 1 is 1.22 bits per heavy atom. The summed E-state index contributed by atoms with van der Waals surface area (Å²) in [5.41, 5.74) is 0.862. The van der Waals surface area contributed by atoms with Gasteiger partial charge in [0.05, 0.1) is 0 Å². The van der Waals surface area contributed by atoms with Crippen molar-refractivity contribution in [1.82, 2.24) is 5.32 Å². The highest BCUT2D eigenvalue weighted by atomic mass is 19.1. The minimum absolute atomic E-state index is 0.0656. The maximum atomic E-state index is 13.9. The molecule has 0 spiro atoms. The van der Waals surface area contributed by atoms with Crippen molar-refractivity contribution in [2.75, 3.05) is 13.1 Å². The third-order valence-electron chi connectivity index (χ3n) is 3.55. The second kappa shape index (κ2) is 8.25. The van der Waals surface area contributed by atoms with E-state index in [1.165, 1.54) is 0 Å². The molecule has 0 aliphatic heterocycles. The first-order valence-corrected chi connectivity index (χ1v) is 7.14. The van der Waals surface area contributed by atoms with Gasteiger partial charge >= 0.3 is 0 Å². The zero-order valence-electron chi connectivity index (χ0n) is 11.9. The summed E-state index contributed by atoms with van der Waals surface area (Å²) in [6.07, 6.45) is 3.32. The van der Waals surface area contributed by atoms with Gasteiger partial charge in [0.2, 0.25) is 0 Å². The molecule has 2 unspecified atom stereocenters. The van der Waals surface area contributed by atoms with Gasteiger partial charge in [-0.25, -0.2) is 4.39 Å². The minimum atomic E-state index is -0.0656. The third-order valence-corrected chi connectivity index (χ3v) is 3.55. The van der Waals surface area contributed by atoms with Crippen molar-refractivity contribution >= 4 is 0 Å². The van der Waals surface area contributed by atoms with Crippen LogP contribution in [0.1, 0.15) is 51.5 Å². The highest BCUT2D eigenvalue weighted by Gasteiger charge is 2.17. The Morgan fingerprint density at radius 2 is 1.94 bits per heavy atom. The fourth-order valence-electron chi connectivity index (χ4n) is 2.23. The van der Waals surface area contributed by atoms with E-state index in [0.29, 0.717) is 5.92 Å². The van der Waals surface area contributed by atoms with Crippen LogP contribution < -0.4 is 5.32 Å². The van der Waals surface area contributed by atoms with E-state index in [4.69, 9.17) is 0 Å². The standard InChI is InChI=1S/C16H26FN/c1-4-10-18-12-14(11-13(3)5-2)15-8-6-7-9-16(15)17/h6-9,13-14,18H,4-5,10-12H2,1-3H3. The number of benzene rings is 1. The van der Waals surface area contributed by atoms with Gasteiger partial charge in [0.15, 0.2) is 0 Å². The molecule has 102 valence electrons. The molecular weight excluding hydrogens is 225 g/mol. The predicted molar refractivity (Wildman–Crippen MR) is 76.4 cm³/mol. The number of hydrogen-bond acceptors (Lipinski definition) is 1. The fraction of sp³-hybridized carbons (Fsp3) is 0.625. The van der Waals surface area contributed by atoms with E-state index in [-0.39, 0.29) is 11.7 Å². The Kier molecular flexibility index (Phi) is 6.96.